The van der Waals surface area contributed by atoms with Crippen LogP contribution in [0.25, 0.3) is 11.1 Å². The molecule has 3 N–H and O–H groups in total. The standard InChI is InChI=1S/C16H18N2O2/c17-16(18-20-12-4-11-19)15-9-7-14(8-10-15)13-5-2-1-3-6-13/h1-3,5-10,19H,4,11-12H2,(H2,17,18). The molecule has 0 atom stereocenters. The average Bonchev–Trinajstić information content (AvgIpc) is 2.52. The van der Waals surface area contributed by atoms with Crippen molar-refractivity contribution in [2.75, 3.05) is 13.2 Å². The van der Waals surface area contributed by atoms with Crippen molar-refractivity contribution < 1.29 is 9.94 Å². The first kappa shape index (κ1) is 14.1. The summed E-state index contributed by atoms with van der Waals surface area (Å²) in [6, 6.07) is 18.0. The molecule has 0 radical (unpaired) electrons. The number of aliphatic hydroxyl groups excluding tert-OH is 1. The lowest BCUT2D eigenvalue weighted by atomic mass is 10.0. The van der Waals surface area contributed by atoms with Gasteiger partial charge in [-0.1, -0.05) is 59.8 Å². The Morgan fingerprint density at radius 2 is 1.65 bits per heavy atom. The first-order valence-corrected chi connectivity index (χ1v) is 6.53. The van der Waals surface area contributed by atoms with Gasteiger partial charge in [-0.2, -0.15) is 0 Å². The summed E-state index contributed by atoms with van der Waals surface area (Å²) >= 11 is 0. The summed E-state index contributed by atoms with van der Waals surface area (Å²) in [5.41, 5.74) is 8.93. The van der Waals surface area contributed by atoms with E-state index in [0.29, 0.717) is 18.9 Å². The van der Waals surface area contributed by atoms with Crippen LogP contribution in [-0.4, -0.2) is 24.2 Å². The molecule has 2 rings (SSSR count). The van der Waals surface area contributed by atoms with E-state index < -0.39 is 0 Å². The van der Waals surface area contributed by atoms with Crippen molar-refractivity contribution in [1.29, 1.82) is 0 Å². The van der Waals surface area contributed by atoms with Crippen LogP contribution in [0.1, 0.15) is 12.0 Å². The van der Waals surface area contributed by atoms with Gasteiger partial charge in [0.2, 0.25) is 0 Å². The van der Waals surface area contributed by atoms with Gasteiger partial charge in [-0.3, -0.25) is 0 Å². The maximum atomic E-state index is 8.63. The maximum Gasteiger partial charge on any atom is 0.170 e. The van der Waals surface area contributed by atoms with Gasteiger partial charge in [0.1, 0.15) is 6.61 Å². The fraction of sp³-hybridized carbons (Fsp3) is 0.188. The van der Waals surface area contributed by atoms with E-state index in [1.807, 2.05) is 42.5 Å². The summed E-state index contributed by atoms with van der Waals surface area (Å²) in [4.78, 5) is 5.01. The predicted octanol–water partition coefficient (Wildman–Crippen LogP) is 2.37. The van der Waals surface area contributed by atoms with Crippen LogP contribution in [0, 0.1) is 0 Å². The Labute approximate surface area is 118 Å². The highest BCUT2D eigenvalue weighted by Gasteiger charge is 2.01. The van der Waals surface area contributed by atoms with Crippen molar-refractivity contribution in [3.05, 3.63) is 60.2 Å². The highest BCUT2D eigenvalue weighted by molar-refractivity contribution is 5.97. The van der Waals surface area contributed by atoms with E-state index in [0.717, 1.165) is 16.7 Å². The van der Waals surface area contributed by atoms with E-state index >= 15 is 0 Å². The van der Waals surface area contributed by atoms with E-state index in [1.165, 1.54) is 0 Å². The molecular formula is C16H18N2O2. The van der Waals surface area contributed by atoms with Crippen LogP contribution in [0.2, 0.25) is 0 Å². The number of rotatable bonds is 6. The van der Waals surface area contributed by atoms with Gasteiger partial charge in [-0.25, -0.2) is 0 Å². The Hall–Kier alpha value is -2.33. The molecule has 2 aromatic rings. The van der Waals surface area contributed by atoms with Crippen molar-refractivity contribution in [2.45, 2.75) is 6.42 Å². The smallest absolute Gasteiger partial charge is 0.170 e. The maximum absolute atomic E-state index is 8.63. The molecule has 2 aromatic carbocycles. The van der Waals surface area contributed by atoms with Crippen molar-refractivity contribution in [2.24, 2.45) is 10.9 Å². The van der Waals surface area contributed by atoms with Crippen LogP contribution in [0.15, 0.2) is 59.8 Å². The number of oxime groups is 1. The van der Waals surface area contributed by atoms with Gasteiger partial charge in [-0.05, 0) is 11.1 Å². The molecule has 0 amide bonds. The third-order valence-corrected chi connectivity index (χ3v) is 2.84. The van der Waals surface area contributed by atoms with E-state index in [1.54, 1.807) is 0 Å². The number of benzene rings is 2. The lowest BCUT2D eigenvalue weighted by molar-refractivity contribution is 0.124. The molecule has 0 aliphatic rings. The fourth-order valence-electron chi connectivity index (χ4n) is 1.76. The third kappa shape index (κ3) is 3.83. The highest BCUT2D eigenvalue weighted by Crippen LogP contribution is 2.19. The number of hydrogen-bond donors (Lipinski definition) is 2. The van der Waals surface area contributed by atoms with Crippen LogP contribution < -0.4 is 5.73 Å². The molecule has 0 fully saturated rings. The summed E-state index contributed by atoms with van der Waals surface area (Å²) in [5, 5.41) is 12.4. The number of amidine groups is 1. The average molecular weight is 270 g/mol. The van der Waals surface area contributed by atoms with Crippen molar-refractivity contribution in [3.63, 3.8) is 0 Å². The zero-order valence-corrected chi connectivity index (χ0v) is 11.2. The van der Waals surface area contributed by atoms with Crippen LogP contribution in [0.4, 0.5) is 0 Å². The summed E-state index contributed by atoms with van der Waals surface area (Å²) < 4.78 is 0. The molecule has 0 unspecified atom stereocenters. The molecule has 4 nitrogen and oxygen atoms in total. The molecule has 104 valence electrons. The number of nitrogens with two attached hydrogens (primary N) is 1. The zero-order valence-electron chi connectivity index (χ0n) is 11.2. The van der Waals surface area contributed by atoms with E-state index in [4.69, 9.17) is 15.7 Å². The number of nitrogens with zero attached hydrogens (tertiary/aromatic N) is 1. The van der Waals surface area contributed by atoms with Gasteiger partial charge in [0, 0.05) is 18.6 Å². The summed E-state index contributed by atoms with van der Waals surface area (Å²) in [6.45, 7) is 0.445. The van der Waals surface area contributed by atoms with Crippen LogP contribution >= 0.6 is 0 Å². The van der Waals surface area contributed by atoms with E-state index in [2.05, 4.69) is 17.3 Å². The molecule has 4 heteroatoms. The summed E-state index contributed by atoms with van der Waals surface area (Å²) in [6.07, 6.45) is 0.545. The fourth-order valence-corrected chi connectivity index (χ4v) is 1.76. The Morgan fingerprint density at radius 1 is 1.00 bits per heavy atom. The Bertz CT molecular complexity index is 550. The van der Waals surface area contributed by atoms with E-state index in [9.17, 15) is 0 Å². The van der Waals surface area contributed by atoms with Gasteiger partial charge in [0.25, 0.3) is 0 Å². The van der Waals surface area contributed by atoms with Crippen LogP contribution in [0.5, 0.6) is 0 Å². The van der Waals surface area contributed by atoms with E-state index in [-0.39, 0.29) is 6.61 Å². The van der Waals surface area contributed by atoms with Crippen molar-refractivity contribution in [3.8, 4) is 11.1 Å². The molecule has 0 spiro atoms. The molecule has 0 bridgehead atoms. The zero-order chi connectivity index (χ0) is 14.2. The molecule has 0 saturated carbocycles. The largest absolute Gasteiger partial charge is 0.396 e. The molecular weight excluding hydrogens is 252 g/mol. The quantitative estimate of drug-likeness (QED) is 0.366. The van der Waals surface area contributed by atoms with Gasteiger partial charge in [-0.15, -0.1) is 0 Å². The Kier molecular flexibility index (Phi) is 5.15. The third-order valence-electron chi connectivity index (χ3n) is 2.84. The highest BCUT2D eigenvalue weighted by atomic mass is 16.6. The molecule has 20 heavy (non-hydrogen) atoms. The predicted molar refractivity (Wildman–Crippen MR) is 80.3 cm³/mol. The first-order chi connectivity index (χ1) is 9.81. The van der Waals surface area contributed by atoms with Gasteiger partial charge < -0.3 is 15.7 Å². The minimum atomic E-state index is 0.0845. The molecule has 0 aliphatic carbocycles. The second-order valence-electron chi connectivity index (χ2n) is 4.33. The SMILES string of the molecule is N/C(=N/OCCCO)c1ccc(-c2ccccc2)cc1. The van der Waals surface area contributed by atoms with Gasteiger partial charge in [0.15, 0.2) is 5.84 Å². The number of hydrogen-bond acceptors (Lipinski definition) is 3. The first-order valence-electron chi connectivity index (χ1n) is 6.53. The second-order valence-corrected chi connectivity index (χ2v) is 4.33. The van der Waals surface area contributed by atoms with Gasteiger partial charge >= 0.3 is 0 Å². The lowest BCUT2D eigenvalue weighted by Gasteiger charge is -2.04. The minimum Gasteiger partial charge on any atom is -0.396 e. The van der Waals surface area contributed by atoms with Crippen molar-refractivity contribution in [1.82, 2.24) is 0 Å². The van der Waals surface area contributed by atoms with Crippen LogP contribution in [0.3, 0.4) is 0 Å². The molecule has 0 aliphatic heterocycles. The lowest BCUT2D eigenvalue weighted by Crippen LogP contribution is -2.14. The van der Waals surface area contributed by atoms with Crippen LogP contribution in [-0.2, 0) is 4.84 Å². The monoisotopic (exact) mass is 270 g/mol. The van der Waals surface area contributed by atoms with Gasteiger partial charge in [0.05, 0.1) is 0 Å². The molecule has 0 aromatic heterocycles. The summed E-state index contributed by atoms with van der Waals surface area (Å²) in [7, 11) is 0. The molecule has 0 heterocycles. The Morgan fingerprint density at radius 3 is 2.30 bits per heavy atom. The van der Waals surface area contributed by atoms with Crippen molar-refractivity contribution >= 4 is 5.84 Å². The number of aliphatic hydroxyl groups is 1. The Balaban J connectivity index is 2.04. The topological polar surface area (TPSA) is 67.8 Å². The minimum absolute atomic E-state index is 0.0845. The summed E-state index contributed by atoms with van der Waals surface area (Å²) in [5.74, 6) is 0.336. The second kappa shape index (κ2) is 7.31. The normalized spacial score (nSPS) is 11.3. The molecule has 0 saturated heterocycles.